The summed E-state index contributed by atoms with van der Waals surface area (Å²) < 4.78 is 0. The Labute approximate surface area is 274 Å². The number of rotatable bonds is 4. The van der Waals surface area contributed by atoms with Gasteiger partial charge in [0, 0.05) is 28.2 Å². The van der Waals surface area contributed by atoms with Gasteiger partial charge < -0.3 is 4.90 Å². The number of carbonyl (C=O) groups excluding carboxylic acids is 2. The minimum Gasteiger partial charge on any atom is -0.310 e. The number of benzene rings is 7. The van der Waals surface area contributed by atoms with E-state index in [-0.39, 0.29) is 22.6 Å². The van der Waals surface area contributed by atoms with Crippen LogP contribution >= 0.6 is 0 Å². The van der Waals surface area contributed by atoms with Gasteiger partial charge in [0.1, 0.15) is 0 Å². The van der Waals surface area contributed by atoms with Crippen LogP contribution in [0.25, 0.3) is 38.4 Å². The Morgan fingerprint density at radius 2 is 0.957 bits per heavy atom. The van der Waals surface area contributed by atoms with Crippen molar-refractivity contribution in [2.45, 2.75) is 26.2 Å². The van der Waals surface area contributed by atoms with E-state index in [4.69, 9.17) is 0 Å². The maximum atomic E-state index is 13.4. The molecule has 7 aromatic rings. The molecule has 0 saturated heterocycles. The Morgan fingerprint density at radius 3 is 1.57 bits per heavy atom. The molecule has 0 amide bonds. The third-order valence-electron chi connectivity index (χ3n) is 9.24. The van der Waals surface area contributed by atoms with Gasteiger partial charge in [-0.3, -0.25) is 9.59 Å². The van der Waals surface area contributed by atoms with Crippen LogP contribution in [0.4, 0.5) is 17.1 Å². The first-order chi connectivity index (χ1) is 22.7. The minimum absolute atomic E-state index is 0.0102. The molecule has 0 bridgehead atoms. The summed E-state index contributed by atoms with van der Waals surface area (Å²) in [4.78, 5) is 29.1. The van der Waals surface area contributed by atoms with Crippen LogP contribution in [0, 0.1) is 0 Å². The minimum atomic E-state index is -0.213. The molecule has 0 spiro atoms. The van der Waals surface area contributed by atoms with E-state index in [2.05, 4.69) is 117 Å². The summed E-state index contributed by atoms with van der Waals surface area (Å²) in [6.07, 6.45) is 1.74. The van der Waals surface area contributed by atoms with E-state index in [0.717, 1.165) is 44.2 Å². The van der Waals surface area contributed by atoms with Crippen molar-refractivity contribution < 1.29 is 9.59 Å². The van der Waals surface area contributed by atoms with Gasteiger partial charge in [-0.05, 0) is 110 Å². The topological polar surface area (TPSA) is 37.4 Å². The molecule has 0 saturated carbocycles. The number of Topliss-reactive ketones (excluding diaryl/α,β-unsaturated/α-hetero) is 2. The molecule has 0 radical (unpaired) electrons. The fourth-order valence-electron chi connectivity index (χ4n) is 6.66. The van der Waals surface area contributed by atoms with Gasteiger partial charge in [0.15, 0.2) is 11.6 Å². The van der Waals surface area contributed by atoms with Crippen LogP contribution in [0.1, 0.15) is 52.6 Å². The summed E-state index contributed by atoms with van der Waals surface area (Å²) in [6.45, 7) is 6.72. The van der Waals surface area contributed by atoms with Crippen LogP contribution in [0.2, 0.25) is 0 Å². The summed E-state index contributed by atoms with van der Waals surface area (Å²) in [7, 11) is 0. The molecule has 47 heavy (non-hydrogen) atoms. The van der Waals surface area contributed by atoms with Gasteiger partial charge in [-0.1, -0.05) is 106 Å². The zero-order valence-corrected chi connectivity index (χ0v) is 26.6. The largest absolute Gasteiger partial charge is 0.310 e. The fraction of sp³-hybridized carbons (Fsp3) is 0.0909. The summed E-state index contributed by atoms with van der Waals surface area (Å²) in [5.41, 5.74) is 6.51. The van der Waals surface area contributed by atoms with Crippen LogP contribution < -0.4 is 4.90 Å². The number of nitrogens with zero attached hydrogens (tertiary/aromatic N) is 1. The molecule has 226 valence electrons. The van der Waals surface area contributed by atoms with E-state index < -0.39 is 0 Å². The van der Waals surface area contributed by atoms with Gasteiger partial charge in [0.2, 0.25) is 0 Å². The van der Waals surface area contributed by atoms with Crippen molar-refractivity contribution in [1.82, 2.24) is 0 Å². The van der Waals surface area contributed by atoms with Gasteiger partial charge in [-0.15, -0.1) is 0 Å². The van der Waals surface area contributed by atoms with Gasteiger partial charge >= 0.3 is 0 Å². The smallest absolute Gasteiger partial charge is 0.197 e. The lowest BCUT2D eigenvalue weighted by molar-refractivity contribution is 0.0990. The SMILES string of the molecule is CC(C)(C)c1cccc(N(c2ccc3ccccc3c2)c2ccc3cc(C=C4C(=O)c5cc6ccccc6cc5C4=O)ccc3c2)c1. The van der Waals surface area contributed by atoms with Crippen LogP contribution in [-0.4, -0.2) is 11.6 Å². The van der Waals surface area contributed by atoms with Crippen molar-refractivity contribution in [2.24, 2.45) is 0 Å². The van der Waals surface area contributed by atoms with E-state index >= 15 is 0 Å². The second kappa shape index (κ2) is 10.9. The molecule has 1 aliphatic rings. The summed E-state index contributed by atoms with van der Waals surface area (Å²) in [5.74, 6) is -0.426. The maximum Gasteiger partial charge on any atom is 0.197 e. The predicted octanol–water partition coefficient (Wildman–Crippen LogP) is 11.4. The second-order valence-electron chi connectivity index (χ2n) is 13.4. The highest BCUT2D eigenvalue weighted by molar-refractivity contribution is 6.42. The van der Waals surface area contributed by atoms with E-state index in [1.807, 2.05) is 48.5 Å². The van der Waals surface area contributed by atoms with Crippen LogP contribution in [0.15, 0.2) is 145 Å². The Hall–Kier alpha value is -5.80. The van der Waals surface area contributed by atoms with E-state index in [1.54, 1.807) is 6.08 Å². The average molecular weight is 608 g/mol. The molecular formula is C44H33NO2. The number of allylic oxidation sites excluding steroid dienone is 1. The lowest BCUT2D eigenvalue weighted by Crippen LogP contribution is -2.14. The summed E-state index contributed by atoms with van der Waals surface area (Å²) >= 11 is 0. The standard InChI is InChI=1S/C44H33NO2/c1-44(2,3)35-13-8-14-36(27-35)45(37-19-17-29-9-4-5-10-30(29)23-37)38-20-18-33-21-28(15-16-34(33)24-38)22-41-42(46)39-25-31-11-6-7-12-32(31)26-40(39)43(41)47/h4-27H,1-3H3. The number of anilines is 3. The molecule has 0 fully saturated rings. The number of hydrogen-bond acceptors (Lipinski definition) is 3. The predicted molar refractivity (Wildman–Crippen MR) is 195 cm³/mol. The van der Waals surface area contributed by atoms with Gasteiger partial charge in [0.05, 0.1) is 5.57 Å². The van der Waals surface area contributed by atoms with E-state index in [0.29, 0.717) is 11.1 Å². The number of carbonyl (C=O) groups is 2. The Morgan fingerprint density at radius 1 is 0.468 bits per heavy atom. The molecule has 0 aromatic heterocycles. The number of fused-ring (bicyclic) bond motifs is 4. The zero-order chi connectivity index (χ0) is 32.3. The van der Waals surface area contributed by atoms with Crippen LogP contribution in [0.3, 0.4) is 0 Å². The number of ketones is 2. The highest BCUT2D eigenvalue weighted by Crippen LogP contribution is 2.39. The molecule has 7 aromatic carbocycles. The van der Waals surface area contributed by atoms with Crippen molar-refractivity contribution in [1.29, 1.82) is 0 Å². The third kappa shape index (κ3) is 5.10. The molecule has 3 nitrogen and oxygen atoms in total. The Balaban J connectivity index is 1.19. The van der Waals surface area contributed by atoms with E-state index in [9.17, 15) is 9.59 Å². The van der Waals surface area contributed by atoms with E-state index in [1.165, 1.54) is 16.3 Å². The molecule has 0 atom stereocenters. The third-order valence-corrected chi connectivity index (χ3v) is 9.24. The molecule has 8 rings (SSSR count). The van der Waals surface area contributed by atoms with Crippen LogP contribution in [-0.2, 0) is 5.41 Å². The maximum absolute atomic E-state index is 13.4. The van der Waals surface area contributed by atoms with Crippen LogP contribution in [0.5, 0.6) is 0 Å². The molecule has 0 aliphatic heterocycles. The van der Waals surface area contributed by atoms with Gasteiger partial charge in [0.25, 0.3) is 0 Å². The Bertz CT molecular complexity index is 2390. The lowest BCUT2D eigenvalue weighted by atomic mass is 9.87. The van der Waals surface area contributed by atoms with Gasteiger partial charge in [-0.25, -0.2) is 0 Å². The fourth-order valence-corrected chi connectivity index (χ4v) is 6.66. The quantitative estimate of drug-likeness (QED) is 0.148. The molecule has 1 aliphatic carbocycles. The molecule has 0 unspecified atom stereocenters. The van der Waals surface area contributed by atoms with Crippen molar-refractivity contribution >= 4 is 67.0 Å². The second-order valence-corrected chi connectivity index (χ2v) is 13.4. The molecule has 0 heterocycles. The molecule has 3 heteroatoms. The van der Waals surface area contributed by atoms with Crippen molar-refractivity contribution in [2.75, 3.05) is 4.90 Å². The summed E-state index contributed by atoms with van der Waals surface area (Å²) in [5, 5.41) is 6.41. The monoisotopic (exact) mass is 607 g/mol. The van der Waals surface area contributed by atoms with Crippen molar-refractivity contribution in [3.8, 4) is 0 Å². The first-order valence-corrected chi connectivity index (χ1v) is 16.0. The first kappa shape index (κ1) is 28.7. The summed E-state index contributed by atoms with van der Waals surface area (Å²) in [6, 6.07) is 47.9. The highest BCUT2D eigenvalue weighted by atomic mass is 16.2. The normalized spacial score (nSPS) is 13.0. The van der Waals surface area contributed by atoms with Crippen molar-refractivity contribution in [3.05, 3.63) is 167 Å². The van der Waals surface area contributed by atoms with Crippen molar-refractivity contribution in [3.63, 3.8) is 0 Å². The highest BCUT2D eigenvalue weighted by Gasteiger charge is 2.33. The lowest BCUT2D eigenvalue weighted by Gasteiger charge is -2.28. The molecular weight excluding hydrogens is 574 g/mol. The Kier molecular flexibility index (Phi) is 6.66. The number of hydrogen-bond donors (Lipinski definition) is 0. The molecule has 0 N–H and O–H groups in total. The zero-order valence-electron chi connectivity index (χ0n) is 26.6. The van der Waals surface area contributed by atoms with Gasteiger partial charge in [-0.2, -0.15) is 0 Å². The average Bonchev–Trinajstić information content (AvgIpc) is 3.31. The first-order valence-electron chi connectivity index (χ1n) is 16.0.